The number of benzene rings is 1. The molecule has 0 amide bonds. The summed E-state index contributed by atoms with van der Waals surface area (Å²) in [6, 6.07) is 10.2. The van der Waals surface area contributed by atoms with Gasteiger partial charge in [-0.15, -0.1) is 0 Å². The highest BCUT2D eigenvalue weighted by molar-refractivity contribution is 7.85. The topological polar surface area (TPSA) is 46.6 Å². The summed E-state index contributed by atoms with van der Waals surface area (Å²) in [4.78, 5) is 15.1. The summed E-state index contributed by atoms with van der Waals surface area (Å²) in [5, 5.41) is 0. The maximum absolute atomic E-state index is 12.9. The number of carbonyl (C=O) groups is 1. The first kappa shape index (κ1) is 19.7. The number of nitrogens with zero attached hydrogens (tertiary/aromatic N) is 1. The lowest BCUT2D eigenvalue weighted by atomic mass is 9.69. The van der Waals surface area contributed by atoms with E-state index in [1.807, 2.05) is 18.2 Å². The molecular formula is C21H31NO3S. The number of carbonyl (C=O) groups excluding carboxylic acids is 1. The Morgan fingerprint density at radius 2 is 1.96 bits per heavy atom. The van der Waals surface area contributed by atoms with Crippen LogP contribution in [-0.2, 0) is 26.9 Å². The van der Waals surface area contributed by atoms with Crippen molar-refractivity contribution in [2.45, 2.75) is 64.4 Å². The van der Waals surface area contributed by atoms with Crippen LogP contribution in [0.15, 0.2) is 30.3 Å². The van der Waals surface area contributed by atoms with Gasteiger partial charge in [0.2, 0.25) is 0 Å². The quantitative estimate of drug-likeness (QED) is 0.789. The van der Waals surface area contributed by atoms with E-state index in [9.17, 15) is 9.00 Å². The molecule has 1 saturated carbocycles. The van der Waals surface area contributed by atoms with E-state index in [1.54, 1.807) is 6.26 Å². The lowest BCUT2D eigenvalue weighted by molar-refractivity contribution is -0.230. The summed E-state index contributed by atoms with van der Waals surface area (Å²) in [6.07, 6.45) is 4.43. The molecule has 1 aliphatic heterocycles. The summed E-state index contributed by atoms with van der Waals surface area (Å²) < 4.78 is 18.1. The summed E-state index contributed by atoms with van der Waals surface area (Å²) in [6.45, 7) is 7.42. The smallest absolute Gasteiger partial charge is 0.189 e. The Bertz CT molecular complexity index is 660. The van der Waals surface area contributed by atoms with Crippen LogP contribution in [-0.4, -0.2) is 44.8 Å². The molecule has 0 N–H and O–H groups in total. The zero-order chi connectivity index (χ0) is 18.9. The minimum absolute atomic E-state index is 0.0545. The Kier molecular flexibility index (Phi) is 6.00. The number of rotatable bonds is 5. The molecule has 1 aliphatic carbocycles. The van der Waals surface area contributed by atoms with Gasteiger partial charge in [0.1, 0.15) is 0 Å². The van der Waals surface area contributed by atoms with Crippen molar-refractivity contribution in [2.24, 2.45) is 11.8 Å². The molecule has 1 aromatic rings. The van der Waals surface area contributed by atoms with Gasteiger partial charge >= 0.3 is 0 Å². The first-order valence-electron chi connectivity index (χ1n) is 9.58. The molecular weight excluding hydrogens is 346 g/mol. The molecule has 2 fully saturated rings. The second-order valence-electron chi connectivity index (χ2n) is 8.50. The lowest BCUT2D eigenvalue weighted by Gasteiger charge is -2.56. The van der Waals surface area contributed by atoms with E-state index in [1.165, 1.54) is 12.0 Å². The second-order valence-corrected chi connectivity index (χ2v) is 9.94. The van der Waals surface area contributed by atoms with Gasteiger partial charge in [-0.2, -0.15) is 0 Å². The van der Waals surface area contributed by atoms with Gasteiger partial charge in [0, 0.05) is 35.1 Å². The van der Waals surface area contributed by atoms with Crippen molar-refractivity contribution >= 4 is 16.6 Å². The fourth-order valence-corrected chi connectivity index (χ4v) is 5.17. The van der Waals surface area contributed by atoms with Crippen molar-refractivity contribution in [1.82, 2.24) is 4.90 Å². The molecule has 5 heteroatoms. The molecule has 0 bridgehead atoms. The number of fused-ring (bicyclic) bond motifs is 1. The molecule has 1 heterocycles. The largest absolute Gasteiger partial charge is 0.352 e. The zero-order valence-electron chi connectivity index (χ0n) is 16.3. The first-order chi connectivity index (χ1) is 12.3. The van der Waals surface area contributed by atoms with Crippen molar-refractivity contribution in [3.05, 3.63) is 35.9 Å². The monoisotopic (exact) mass is 377 g/mol. The van der Waals surface area contributed by atoms with Gasteiger partial charge < -0.3 is 4.74 Å². The second kappa shape index (κ2) is 7.91. The van der Waals surface area contributed by atoms with Crippen LogP contribution in [0.25, 0.3) is 0 Å². The average molecular weight is 378 g/mol. The van der Waals surface area contributed by atoms with Crippen LogP contribution in [0.3, 0.4) is 0 Å². The van der Waals surface area contributed by atoms with Crippen molar-refractivity contribution in [1.29, 1.82) is 0 Å². The third-order valence-electron chi connectivity index (χ3n) is 6.11. The molecule has 26 heavy (non-hydrogen) atoms. The van der Waals surface area contributed by atoms with E-state index in [4.69, 9.17) is 4.74 Å². The van der Waals surface area contributed by atoms with Crippen molar-refractivity contribution in [3.63, 3.8) is 0 Å². The van der Waals surface area contributed by atoms with Crippen molar-refractivity contribution in [3.8, 4) is 0 Å². The Balaban J connectivity index is 1.92. The Morgan fingerprint density at radius 3 is 2.62 bits per heavy atom. The average Bonchev–Trinajstić information content (AvgIpc) is 2.57. The van der Waals surface area contributed by atoms with Crippen LogP contribution >= 0.6 is 0 Å². The molecule has 0 spiro atoms. The Labute approximate surface area is 159 Å². The first-order valence-corrected chi connectivity index (χ1v) is 11.3. The number of hydrogen-bond acceptors (Lipinski definition) is 4. The standard InChI is InChI=1S/C21H31NO3S/c1-15-10-11-17-19(12-15)25-20(18(23)14-26(4)24)22(21(17,2)3)13-16-8-6-5-7-9-16/h5-9,15,17,19-20H,10-14H2,1-4H3/t15-,17-,19-,20+,26?/m1/s1. The van der Waals surface area contributed by atoms with Gasteiger partial charge in [0.25, 0.3) is 0 Å². The van der Waals surface area contributed by atoms with Gasteiger partial charge in [-0.1, -0.05) is 43.7 Å². The van der Waals surface area contributed by atoms with Gasteiger partial charge in [-0.25, -0.2) is 0 Å². The number of ketones is 1. The lowest BCUT2D eigenvalue weighted by Crippen LogP contribution is -2.66. The van der Waals surface area contributed by atoms with Crippen LogP contribution in [0.2, 0.25) is 0 Å². The fraction of sp³-hybridized carbons (Fsp3) is 0.667. The van der Waals surface area contributed by atoms with Gasteiger partial charge in [-0.3, -0.25) is 13.9 Å². The molecule has 0 radical (unpaired) electrons. The molecule has 4 nitrogen and oxygen atoms in total. The van der Waals surface area contributed by atoms with E-state index >= 15 is 0 Å². The number of hydrogen-bond donors (Lipinski definition) is 0. The molecule has 5 atom stereocenters. The predicted octanol–water partition coefficient (Wildman–Crippen LogP) is 3.38. The van der Waals surface area contributed by atoms with Crippen LogP contribution in [0, 0.1) is 11.8 Å². The number of ether oxygens (including phenoxy) is 1. The van der Waals surface area contributed by atoms with Crippen LogP contribution < -0.4 is 0 Å². The van der Waals surface area contributed by atoms with Crippen LogP contribution in [0.5, 0.6) is 0 Å². The Hall–Kier alpha value is -1.04. The molecule has 3 rings (SSSR count). The molecule has 144 valence electrons. The molecule has 1 saturated heterocycles. The van der Waals surface area contributed by atoms with E-state index in [2.05, 4.69) is 37.8 Å². The highest BCUT2D eigenvalue weighted by Crippen LogP contribution is 2.45. The summed E-state index contributed by atoms with van der Waals surface area (Å²) >= 11 is 0. The maximum atomic E-state index is 12.9. The van der Waals surface area contributed by atoms with Crippen molar-refractivity contribution < 1.29 is 13.7 Å². The Morgan fingerprint density at radius 1 is 1.27 bits per heavy atom. The highest BCUT2D eigenvalue weighted by atomic mass is 32.2. The van der Waals surface area contributed by atoms with Crippen LogP contribution in [0.1, 0.15) is 45.6 Å². The molecule has 0 aromatic heterocycles. The van der Waals surface area contributed by atoms with Crippen molar-refractivity contribution in [2.75, 3.05) is 12.0 Å². The predicted molar refractivity (Wildman–Crippen MR) is 105 cm³/mol. The molecule has 1 aromatic carbocycles. The van der Waals surface area contributed by atoms with Crippen LogP contribution in [0.4, 0.5) is 0 Å². The molecule has 2 aliphatic rings. The minimum atomic E-state index is -1.16. The third kappa shape index (κ3) is 4.10. The fourth-order valence-electron chi connectivity index (χ4n) is 4.63. The maximum Gasteiger partial charge on any atom is 0.189 e. The SMILES string of the molecule is C[C@@H]1CC[C@@H]2[C@@H](C1)O[C@@H](C(=O)CS(C)=O)N(Cc1ccccc1)C2(C)C. The highest BCUT2D eigenvalue weighted by Gasteiger charge is 2.52. The number of Topliss-reactive ketones (excluding diaryl/α,β-unsaturated/α-hetero) is 1. The molecule has 1 unspecified atom stereocenters. The van der Waals surface area contributed by atoms with Gasteiger partial charge in [0.05, 0.1) is 11.9 Å². The van der Waals surface area contributed by atoms with E-state index in [-0.39, 0.29) is 23.2 Å². The van der Waals surface area contributed by atoms with E-state index in [0.717, 1.165) is 12.8 Å². The summed E-state index contributed by atoms with van der Waals surface area (Å²) in [5.74, 6) is 1.03. The minimum Gasteiger partial charge on any atom is -0.352 e. The summed E-state index contributed by atoms with van der Waals surface area (Å²) in [7, 11) is -1.16. The van der Waals surface area contributed by atoms with E-state index in [0.29, 0.717) is 18.4 Å². The van der Waals surface area contributed by atoms with Gasteiger partial charge in [0.15, 0.2) is 12.0 Å². The van der Waals surface area contributed by atoms with Gasteiger partial charge in [-0.05, 0) is 38.2 Å². The third-order valence-corrected chi connectivity index (χ3v) is 6.80. The zero-order valence-corrected chi connectivity index (χ0v) is 17.1. The summed E-state index contributed by atoms with van der Waals surface area (Å²) in [5.41, 5.74) is 1.02. The normalized spacial score (nSPS) is 32.6. The van der Waals surface area contributed by atoms with E-state index < -0.39 is 17.0 Å².